The molecule has 1 amide bonds. The highest BCUT2D eigenvalue weighted by atomic mass is 16.5. The zero-order chi connectivity index (χ0) is 15.4. The fourth-order valence-corrected chi connectivity index (χ4v) is 1.75. The molecule has 21 heavy (non-hydrogen) atoms. The summed E-state index contributed by atoms with van der Waals surface area (Å²) >= 11 is 0. The molecule has 2 N–H and O–H groups in total. The molecular weight excluding hydrogens is 274 g/mol. The summed E-state index contributed by atoms with van der Waals surface area (Å²) in [5, 5.41) is 2.63. The van der Waals surface area contributed by atoms with Crippen molar-refractivity contribution in [3.63, 3.8) is 0 Å². The Morgan fingerprint density at radius 1 is 1.29 bits per heavy atom. The van der Waals surface area contributed by atoms with E-state index in [9.17, 15) is 14.4 Å². The molecule has 1 aromatic carbocycles. The summed E-state index contributed by atoms with van der Waals surface area (Å²) in [6.07, 6.45) is 1.12. The smallest absolute Gasteiger partial charge is 0.328 e. The summed E-state index contributed by atoms with van der Waals surface area (Å²) in [5.74, 6) is 0.183. The van der Waals surface area contributed by atoms with Crippen LogP contribution in [0.3, 0.4) is 0 Å². The number of carbonyl (C=O) groups is 1. The summed E-state index contributed by atoms with van der Waals surface area (Å²) in [6, 6.07) is 7.18. The quantitative estimate of drug-likeness (QED) is 0.829. The zero-order valence-corrected chi connectivity index (χ0v) is 11.7. The number of aromatic nitrogens is 2. The van der Waals surface area contributed by atoms with E-state index in [0.29, 0.717) is 0 Å². The SMILES string of the molecule is COc1ccc(CNC(=O)c2c[nH]c(=O)n(C)c2=O)cc1. The van der Waals surface area contributed by atoms with Gasteiger partial charge in [-0.1, -0.05) is 12.1 Å². The van der Waals surface area contributed by atoms with Crippen molar-refractivity contribution in [2.45, 2.75) is 6.54 Å². The topological polar surface area (TPSA) is 93.2 Å². The second kappa shape index (κ2) is 6.08. The van der Waals surface area contributed by atoms with Crippen LogP contribution in [0.1, 0.15) is 15.9 Å². The fourth-order valence-electron chi connectivity index (χ4n) is 1.75. The molecule has 0 spiro atoms. The standard InChI is InChI=1S/C14H15N3O4/c1-17-13(19)11(8-16-14(17)20)12(18)15-7-9-3-5-10(21-2)6-4-9/h3-6,8H,7H2,1-2H3,(H,15,18)(H,16,20). The second-order valence-corrected chi connectivity index (χ2v) is 4.40. The maximum Gasteiger partial charge on any atom is 0.328 e. The molecule has 0 fully saturated rings. The number of ether oxygens (including phenoxy) is 1. The number of nitrogens with zero attached hydrogens (tertiary/aromatic N) is 1. The molecule has 0 radical (unpaired) electrons. The molecule has 0 unspecified atom stereocenters. The van der Waals surface area contributed by atoms with Crippen LogP contribution >= 0.6 is 0 Å². The second-order valence-electron chi connectivity index (χ2n) is 4.40. The lowest BCUT2D eigenvalue weighted by Gasteiger charge is -2.06. The van der Waals surface area contributed by atoms with Crippen molar-refractivity contribution in [3.05, 3.63) is 62.4 Å². The number of methoxy groups -OCH3 is 1. The van der Waals surface area contributed by atoms with Gasteiger partial charge in [0.1, 0.15) is 11.3 Å². The van der Waals surface area contributed by atoms with Crippen molar-refractivity contribution >= 4 is 5.91 Å². The number of hydrogen-bond acceptors (Lipinski definition) is 4. The van der Waals surface area contributed by atoms with Crippen molar-refractivity contribution in [2.24, 2.45) is 7.05 Å². The van der Waals surface area contributed by atoms with Crippen LogP contribution in [0, 0.1) is 0 Å². The van der Waals surface area contributed by atoms with Gasteiger partial charge in [-0.15, -0.1) is 0 Å². The molecule has 7 nitrogen and oxygen atoms in total. The Morgan fingerprint density at radius 2 is 1.95 bits per heavy atom. The molecule has 0 saturated heterocycles. The van der Waals surface area contributed by atoms with Crippen LogP contribution < -0.4 is 21.3 Å². The van der Waals surface area contributed by atoms with Gasteiger partial charge < -0.3 is 15.0 Å². The van der Waals surface area contributed by atoms with Crippen molar-refractivity contribution < 1.29 is 9.53 Å². The summed E-state index contributed by atoms with van der Waals surface area (Å²) in [5.41, 5.74) is -0.436. The van der Waals surface area contributed by atoms with E-state index >= 15 is 0 Å². The Bertz CT molecular complexity index is 759. The molecule has 1 aromatic heterocycles. The number of rotatable bonds is 4. The predicted molar refractivity (Wildman–Crippen MR) is 76.5 cm³/mol. The molecule has 1 heterocycles. The molecule has 0 saturated carbocycles. The highest BCUT2D eigenvalue weighted by molar-refractivity contribution is 5.93. The van der Waals surface area contributed by atoms with Crippen molar-refractivity contribution in [3.8, 4) is 5.75 Å². The lowest BCUT2D eigenvalue weighted by Crippen LogP contribution is -2.38. The summed E-state index contributed by atoms with van der Waals surface area (Å²) in [6.45, 7) is 0.269. The first-order chi connectivity index (χ1) is 10.0. The monoisotopic (exact) mass is 289 g/mol. The van der Waals surface area contributed by atoms with E-state index in [1.54, 1.807) is 19.2 Å². The Kier molecular flexibility index (Phi) is 4.22. The number of carbonyl (C=O) groups excluding carboxylic acids is 1. The van der Waals surface area contributed by atoms with E-state index in [2.05, 4.69) is 10.3 Å². The lowest BCUT2D eigenvalue weighted by atomic mass is 10.2. The summed E-state index contributed by atoms with van der Waals surface area (Å²) < 4.78 is 5.89. The first-order valence-corrected chi connectivity index (χ1v) is 6.22. The van der Waals surface area contributed by atoms with E-state index in [0.717, 1.165) is 22.1 Å². The average molecular weight is 289 g/mol. The third kappa shape index (κ3) is 3.19. The van der Waals surface area contributed by atoms with Crippen LogP contribution in [0.2, 0.25) is 0 Å². The highest BCUT2D eigenvalue weighted by Crippen LogP contribution is 2.10. The van der Waals surface area contributed by atoms with Crippen molar-refractivity contribution in [1.82, 2.24) is 14.9 Å². The first-order valence-electron chi connectivity index (χ1n) is 6.22. The van der Waals surface area contributed by atoms with E-state index in [4.69, 9.17) is 4.74 Å². The maximum atomic E-state index is 12.0. The van der Waals surface area contributed by atoms with Crippen molar-refractivity contribution in [2.75, 3.05) is 7.11 Å². The van der Waals surface area contributed by atoms with Gasteiger partial charge in [0.05, 0.1) is 7.11 Å². The third-order valence-electron chi connectivity index (χ3n) is 3.04. The van der Waals surface area contributed by atoms with Crippen LogP contribution in [0.5, 0.6) is 5.75 Å². The maximum absolute atomic E-state index is 12.0. The molecule has 0 atom stereocenters. The molecule has 0 bridgehead atoms. The number of aromatic amines is 1. The van der Waals surface area contributed by atoms with E-state index in [1.165, 1.54) is 7.05 Å². The summed E-state index contributed by atoms with van der Waals surface area (Å²) in [4.78, 5) is 37.3. The van der Waals surface area contributed by atoms with Gasteiger partial charge >= 0.3 is 5.69 Å². The number of amides is 1. The Morgan fingerprint density at radius 3 is 2.57 bits per heavy atom. The van der Waals surface area contributed by atoms with Crippen LogP contribution in [-0.2, 0) is 13.6 Å². The van der Waals surface area contributed by atoms with E-state index < -0.39 is 17.2 Å². The van der Waals surface area contributed by atoms with Crippen LogP contribution in [0.25, 0.3) is 0 Å². The Balaban J connectivity index is 2.10. The molecule has 2 rings (SSSR count). The molecule has 2 aromatic rings. The number of H-pyrrole nitrogens is 1. The molecule has 110 valence electrons. The van der Waals surface area contributed by atoms with Gasteiger partial charge in [-0.2, -0.15) is 0 Å². The Labute approximate surface area is 120 Å². The largest absolute Gasteiger partial charge is 0.497 e. The molecule has 0 aliphatic heterocycles. The average Bonchev–Trinajstić information content (AvgIpc) is 2.51. The Hall–Kier alpha value is -2.83. The van der Waals surface area contributed by atoms with Gasteiger partial charge in [-0.25, -0.2) is 4.79 Å². The molecular formula is C14H15N3O4. The third-order valence-corrected chi connectivity index (χ3v) is 3.04. The number of hydrogen-bond donors (Lipinski definition) is 2. The molecule has 0 aliphatic rings. The van der Waals surface area contributed by atoms with Crippen LogP contribution in [0.4, 0.5) is 0 Å². The normalized spacial score (nSPS) is 10.2. The number of benzene rings is 1. The van der Waals surface area contributed by atoms with Crippen molar-refractivity contribution in [1.29, 1.82) is 0 Å². The lowest BCUT2D eigenvalue weighted by molar-refractivity contribution is 0.0948. The number of nitrogens with one attached hydrogen (secondary N) is 2. The first kappa shape index (κ1) is 14.6. The minimum atomic E-state index is -0.633. The molecule has 0 aliphatic carbocycles. The fraction of sp³-hybridized carbons (Fsp3) is 0.214. The zero-order valence-electron chi connectivity index (χ0n) is 11.7. The van der Waals surface area contributed by atoms with Gasteiger partial charge in [0.25, 0.3) is 11.5 Å². The minimum absolute atomic E-state index is 0.106. The predicted octanol–water partition coefficient (Wildman–Crippen LogP) is 0.0122. The van der Waals surface area contributed by atoms with Gasteiger partial charge in [-0.05, 0) is 17.7 Å². The van der Waals surface area contributed by atoms with Crippen LogP contribution in [-0.4, -0.2) is 22.6 Å². The summed E-state index contributed by atoms with van der Waals surface area (Å²) in [7, 11) is 2.88. The van der Waals surface area contributed by atoms with Crippen LogP contribution in [0.15, 0.2) is 40.1 Å². The van der Waals surface area contributed by atoms with E-state index in [1.807, 2.05) is 12.1 Å². The van der Waals surface area contributed by atoms with E-state index in [-0.39, 0.29) is 12.1 Å². The van der Waals surface area contributed by atoms with Gasteiger partial charge in [0, 0.05) is 19.8 Å². The van der Waals surface area contributed by atoms with Gasteiger partial charge in [0.15, 0.2) is 0 Å². The molecule has 7 heteroatoms. The van der Waals surface area contributed by atoms with Gasteiger partial charge in [0.2, 0.25) is 0 Å². The minimum Gasteiger partial charge on any atom is -0.497 e. The highest BCUT2D eigenvalue weighted by Gasteiger charge is 2.12. The van der Waals surface area contributed by atoms with Gasteiger partial charge in [-0.3, -0.25) is 14.2 Å².